The van der Waals surface area contributed by atoms with Crippen molar-refractivity contribution in [1.82, 2.24) is 0 Å². The third-order valence-corrected chi connectivity index (χ3v) is 3.54. The molecule has 5 heteroatoms. The van der Waals surface area contributed by atoms with Gasteiger partial charge in [0.25, 0.3) is 0 Å². The second kappa shape index (κ2) is 6.31. The van der Waals surface area contributed by atoms with Crippen LogP contribution < -0.4 is 15.4 Å². The van der Waals surface area contributed by atoms with E-state index in [4.69, 9.17) is 15.7 Å². The van der Waals surface area contributed by atoms with E-state index in [2.05, 4.69) is 30.8 Å². The van der Waals surface area contributed by atoms with Crippen LogP contribution in [0.3, 0.4) is 0 Å². The lowest BCUT2D eigenvalue weighted by molar-refractivity contribution is 0.318. The van der Waals surface area contributed by atoms with E-state index in [1.165, 1.54) is 0 Å². The van der Waals surface area contributed by atoms with Crippen LogP contribution in [-0.4, -0.2) is 31.2 Å². The maximum atomic E-state index is 8.88. The minimum absolute atomic E-state index is 0.0976. The largest absolute Gasteiger partial charge is 0.497 e. The fourth-order valence-electron chi connectivity index (χ4n) is 1.87. The Morgan fingerprint density at radius 3 is 2.47 bits per heavy atom. The Morgan fingerprint density at radius 2 is 2.00 bits per heavy atom. The van der Waals surface area contributed by atoms with Crippen molar-refractivity contribution >= 4 is 11.5 Å². The molecule has 0 spiro atoms. The van der Waals surface area contributed by atoms with Crippen LogP contribution in [0.25, 0.3) is 0 Å². The van der Waals surface area contributed by atoms with Gasteiger partial charge < -0.3 is 20.6 Å². The van der Waals surface area contributed by atoms with Gasteiger partial charge >= 0.3 is 0 Å². The van der Waals surface area contributed by atoms with Crippen LogP contribution >= 0.6 is 0 Å². The monoisotopic (exact) mass is 265 g/mol. The van der Waals surface area contributed by atoms with Gasteiger partial charge in [-0.05, 0) is 25.0 Å². The first-order valence-electron chi connectivity index (χ1n) is 6.31. The molecule has 0 aliphatic rings. The zero-order chi connectivity index (χ0) is 14.6. The van der Waals surface area contributed by atoms with Crippen molar-refractivity contribution in [3.05, 3.63) is 23.8 Å². The summed E-state index contributed by atoms with van der Waals surface area (Å²) in [5.74, 6) is 1.32. The predicted molar refractivity (Wildman–Crippen MR) is 78.2 cm³/mol. The van der Waals surface area contributed by atoms with Crippen LogP contribution in [0.2, 0.25) is 0 Å². The first kappa shape index (κ1) is 15.1. The lowest BCUT2D eigenvalue weighted by atomic mass is 10.0. The number of rotatable bonds is 5. The van der Waals surface area contributed by atoms with E-state index >= 15 is 0 Å². The first-order valence-corrected chi connectivity index (χ1v) is 6.31. The van der Waals surface area contributed by atoms with Crippen molar-refractivity contribution in [1.29, 1.82) is 0 Å². The number of benzene rings is 1. The van der Waals surface area contributed by atoms with Crippen molar-refractivity contribution < 1.29 is 9.94 Å². The van der Waals surface area contributed by atoms with E-state index in [-0.39, 0.29) is 5.84 Å². The molecule has 1 rings (SSSR count). The van der Waals surface area contributed by atoms with Crippen molar-refractivity contribution in [3.8, 4) is 5.75 Å². The molecule has 0 bridgehead atoms. The van der Waals surface area contributed by atoms with Gasteiger partial charge in [-0.3, -0.25) is 0 Å². The number of hydrogen-bond acceptors (Lipinski definition) is 4. The maximum absolute atomic E-state index is 8.88. The van der Waals surface area contributed by atoms with Crippen LogP contribution in [0.5, 0.6) is 5.75 Å². The minimum atomic E-state index is 0.0976. The molecule has 1 unspecified atom stereocenters. The molecule has 106 valence electrons. The average Bonchev–Trinajstić information content (AvgIpc) is 2.43. The topological polar surface area (TPSA) is 71.1 Å². The summed E-state index contributed by atoms with van der Waals surface area (Å²) in [7, 11) is 3.61. The van der Waals surface area contributed by atoms with Crippen LogP contribution in [0, 0.1) is 5.92 Å². The molecular formula is C14H23N3O2. The number of anilines is 1. The number of amidine groups is 1. The summed E-state index contributed by atoms with van der Waals surface area (Å²) in [5, 5.41) is 12.0. The molecule has 1 atom stereocenters. The zero-order valence-electron chi connectivity index (χ0n) is 12.2. The highest BCUT2D eigenvalue weighted by molar-refractivity contribution is 6.02. The van der Waals surface area contributed by atoms with Crippen molar-refractivity contribution in [3.63, 3.8) is 0 Å². The Morgan fingerprint density at radius 1 is 1.37 bits per heavy atom. The Hall–Kier alpha value is -1.91. The highest BCUT2D eigenvalue weighted by Crippen LogP contribution is 2.28. The maximum Gasteiger partial charge on any atom is 0.172 e. The van der Waals surface area contributed by atoms with Crippen molar-refractivity contribution in [2.75, 3.05) is 19.1 Å². The van der Waals surface area contributed by atoms with E-state index in [1.807, 2.05) is 13.1 Å². The summed E-state index contributed by atoms with van der Waals surface area (Å²) in [5.41, 5.74) is 7.31. The standard InChI is InChI=1S/C14H23N3O2/c1-9(2)10(3)17(4)13-8-11(19-5)6-7-12(13)14(15)16-18/h6-10,18H,1-5H3,(H2,15,16). The first-order chi connectivity index (χ1) is 8.92. The second-order valence-electron chi connectivity index (χ2n) is 4.96. The Labute approximate surface area is 114 Å². The number of nitrogens with zero attached hydrogens (tertiary/aromatic N) is 2. The number of hydrogen-bond donors (Lipinski definition) is 2. The molecule has 1 aromatic carbocycles. The van der Waals surface area contributed by atoms with Gasteiger partial charge in [-0.15, -0.1) is 0 Å². The summed E-state index contributed by atoms with van der Waals surface area (Å²) in [6, 6.07) is 5.81. The summed E-state index contributed by atoms with van der Waals surface area (Å²) >= 11 is 0. The molecule has 0 amide bonds. The molecule has 0 aliphatic heterocycles. The highest BCUT2D eigenvalue weighted by atomic mass is 16.5. The Bertz CT molecular complexity index is 458. The summed E-state index contributed by atoms with van der Waals surface area (Å²) in [6.45, 7) is 6.45. The fraction of sp³-hybridized carbons (Fsp3) is 0.500. The van der Waals surface area contributed by atoms with Gasteiger partial charge in [0.05, 0.1) is 12.8 Å². The number of oxime groups is 1. The van der Waals surface area contributed by atoms with E-state index in [0.29, 0.717) is 17.5 Å². The third-order valence-electron chi connectivity index (χ3n) is 3.54. The predicted octanol–water partition coefficient (Wildman–Crippen LogP) is 2.27. The quantitative estimate of drug-likeness (QED) is 0.371. The molecule has 0 heterocycles. The molecule has 19 heavy (non-hydrogen) atoms. The van der Waals surface area contributed by atoms with Crippen molar-refractivity contribution in [2.24, 2.45) is 16.8 Å². The molecule has 3 N–H and O–H groups in total. The normalized spacial score (nSPS) is 13.5. The average molecular weight is 265 g/mol. The minimum Gasteiger partial charge on any atom is -0.497 e. The lowest BCUT2D eigenvalue weighted by Crippen LogP contribution is -2.34. The van der Waals surface area contributed by atoms with Crippen LogP contribution in [0.15, 0.2) is 23.4 Å². The van der Waals surface area contributed by atoms with Gasteiger partial charge in [0.15, 0.2) is 5.84 Å². The van der Waals surface area contributed by atoms with E-state index in [1.54, 1.807) is 19.2 Å². The molecular weight excluding hydrogens is 242 g/mol. The van der Waals surface area contributed by atoms with Crippen LogP contribution in [0.1, 0.15) is 26.3 Å². The van der Waals surface area contributed by atoms with Gasteiger partial charge in [0, 0.05) is 24.7 Å². The SMILES string of the molecule is COc1ccc(/C(N)=N/O)c(N(C)C(C)C(C)C)c1. The van der Waals surface area contributed by atoms with Gasteiger partial charge in [0.2, 0.25) is 0 Å². The molecule has 0 saturated heterocycles. The smallest absolute Gasteiger partial charge is 0.172 e. The van der Waals surface area contributed by atoms with Gasteiger partial charge in [0.1, 0.15) is 5.75 Å². The van der Waals surface area contributed by atoms with Gasteiger partial charge in [-0.2, -0.15) is 0 Å². The molecule has 1 aromatic rings. The molecule has 0 fully saturated rings. The van der Waals surface area contributed by atoms with E-state index in [0.717, 1.165) is 11.4 Å². The second-order valence-corrected chi connectivity index (χ2v) is 4.96. The van der Waals surface area contributed by atoms with Crippen LogP contribution in [-0.2, 0) is 0 Å². The van der Waals surface area contributed by atoms with Gasteiger partial charge in [-0.1, -0.05) is 19.0 Å². The summed E-state index contributed by atoms with van der Waals surface area (Å²) in [4.78, 5) is 2.11. The summed E-state index contributed by atoms with van der Waals surface area (Å²) in [6.07, 6.45) is 0. The Kier molecular flexibility index (Phi) is 5.03. The van der Waals surface area contributed by atoms with E-state index in [9.17, 15) is 0 Å². The Balaban J connectivity index is 3.28. The summed E-state index contributed by atoms with van der Waals surface area (Å²) < 4.78 is 5.24. The highest BCUT2D eigenvalue weighted by Gasteiger charge is 2.19. The molecule has 5 nitrogen and oxygen atoms in total. The fourth-order valence-corrected chi connectivity index (χ4v) is 1.87. The molecule has 0 aliphatic carbocycles. The van der Waals surface area contributed by atoms with Crippen LogP contribution in [0.4, 0.5) is 5.69 Å². The number of ether oxygens (including phenoxy) is 1. The van der Waals surface area contributed by atoms with Crippen molar-refractivity contribution in [2.45, 2.75) is 26.8 Å². The molecule has 0 saturated carbocycles. The number of methoxy groups -OCH3 is 1. The third kappa shape index (κ3) is 3.30. The molecule has 0 radical (unpaired) electrons. The van der Waals surface area contributed by atoms with E-state index < -0.39 is 0 Å². The lowest BCUT2D eigenvalue weighted by Gasteiger charge is -2.31. The zero-order valence-corrected chi connectivity index (χ0v) is 12.2. The number of nitrogens with two attached hydrogens (primary N) is 1. The molecule has 0 aromatic heterocycles. The van der Waals surface area contributed by atoms with Gasteiger partial charge in [-0.25, -0.2) is 0 Å².